The molecular formula is C16H23N3O. The number of nitrogens with one attached hydrogen (secondary N) is 1. The molecule has 4 heteroatoms. The minimum atomic E-state index is 0.723. The molecule has 1 aromatic heterocycles. The molecule has 4 nitrogen and oxygen atoms in total. The van der Waals surface area contributed by atoms with E-state index in [2.05, 4.69) is 42.5 Å². The van der Waals surface area contributed by atoms with Crippen molar-refractivity contribution in [2.75, 3.05) is 12.4 Å². The summed E-state index contributed by atoms with van der Waals surface area (Å²) in [5.41, 5.74) is 5.94. The maximum absolute atomic E-state index is 5.43. The van der Waals surface area contributed by atoms with Crippen LogP contribution in [0.15, 0.2) is 18.2 Å². The molecule has 0 fully saturated rings. The van der Waals surface area contributed by atoms with Gasteiger partial charge in [-0.25, -0.2) is 4.68 Å². The van der Waals surface area contributed by atoms with Crippen LogP contribution in [0.3, 0.4) is 0 Å². The fraction of sp³-hybridized carbons (Fsp3) is 0.438. The van der Waals surface area contributed by atoms with Gasteiger partial charge in [-0.3, -0.25) is 0 Å². The highest BCUT2D eigenvalue weighted by atomic mass is 16.5. The summed E-state index contributed by atoms with van der Waals surface area (Å²) in [6.45, 7) is 7.05. The summed E-state index contributed by atoms with van der Waals surface area (Å²) < 4.78 is 7.22. The summed E-state index contributed by atoms with van der Waals surface area (Å²) in [7, 11) is 3.59. The molecule has 0 saturated heterocycles. The van der Waals surface area contributed by atoms with Gasteiger partial charge in [0.15, 0.2) is 0 Å². The van der Waals surface area contributed by atoms with E-state index < -0.39 is 0 Å². The molecule has 1 aromatic carbocycles. The average Bonchev–Trinajstić information content (AvgIpc) is 2.70. The molecule has 1 N–H and O–H groups in total. The van der Waals surface area contributed by atoms with Crippen molar-refractivity contribution >= 4 is 5.69 Å². The number of para-hydroxylation sites is 1. The van der Waals surface area contributed by atoms with Crippen molar-refractivity contribution in [1.29, 1.82) is 0 Å². The standard InChI is InChI=1S/C16H23N3O/c1-6-13-9-7-8-11(2)15(13)17-10-14-12(3)18-19(4)16(14)20-5/h7-9,17H,6,10H2,1-5H3. The SMILES string of the molecule is CCc1cccc(C)c1NCc1c(C)nn(C)c1OC. The van der Waals surface area contributed by atoms with Gasteiger partial charge in [-0.15, -0.1) is 0 Å². The summed E-state index contributed by atoms with van der Waals surface area (Å²) in [5, 5.41) is 7.96. The molecule has 0 bridgehead atoms. The van der Waals surface area contributed by atoms with Crippen molar-refractivity contribution < 1.29 is 4.74 Å². The molecule has 0 radical (unpaired) electrons. The van der Waals surface area contributed by atoms with E-state index in [1.165, 1.54) is 16.8 Å². The lowest BCUT2D eigenvalue weighted by Crippen LogP contribution is -2.06. The predicted octanol–water partition coefficient (Wildman–Crippen LogP) is 3.22. The van der Waals surface area contributed by atoms with Crippen molar-refractivity contribution in [3.63, 3.8) is 0 Å². The summed E-state index contributed by atoms with van der Waals surface area (Å²) in [6, 6.07) is 6.41. The number of hydrogen-bond donors (Lipinski definition) is 1. The minimum Gasteiger partial charge on any atom is -0.481 e. The number of nitrogens with zero attached hydrogens (tertiary/aromatic N) is 2. The first kappa shape index (κ1) is 14.4. The Balaban J connectivity index is 2.26. The van der Waals surface area contributed by atoms with Gasteiger partial charge in [0.25, 0.3) is 0 Å². The second-order valence-corrected chi connectivity index (χ2v) is 5.01. The Labute approximate surface area is 120 Å². The van der Waals surface area contributed by atoms with Crippen molar-refractivity contribution in [1.82, 2.24) is 9.78 Å². The van der Waals surface area contributed by atoms with Crippen molar-refractivity contribution in [3.8, 4) is 5.88 Å². The summed E-state index contributed by atoms with van der Waals surface area (Å²) in [5.74, 6) is 0.821. The molecular weight excluding hydrogens is 250 g/mol. The van der Waals surface area contributed by atoms with Crippen molar-refractivity contribution in [2.24, 2.45) is 7.05 Å². The molecule has 0 unspecified atom stereocenters. The summed E-state index contributed by atoms with van der Waals surface area (Å²) in [4.78, 5) is 0. The first-order valence-corrected chi connectivity index (χ1v) is 6.97. The zero-order chi connectivity index (χ0) is 14.7. The van der Waals surface area contributed by atoms with Crippen LogP contribution in [0, 0.1) is 13.8 Å². The van der Waals surface area contributed by atoms with Gasteiger partial charge in [0.05, 0.1) is 18.4 Å². The molecule has 0 amide bonds. The molecule has 2 aromatic rings. The van der Waals surface area contributed by atoms with Crippen LogP contribution in [-0.2, 0) is 20.0 Å². The fourth-order valence-electron chi connectivity index (χ4n) is 2.59. The normalized spacial score (nSPS) is 10.7. The van der Waals surface area contributed by atoms with Crippen LogP contribution in [0.2, 0.25) is 0 Å². The Kier molecular flexibility index (Phi) is 4.32. The molecule has 20 heavy (non-hydrogen) atoms. The van der Waals surface area contributed by atoms with Gasteiger partial charge >= 0.3 is 0 Å². The first-order valence-electron chi connectivity index (χ1n) is 6.97. The number of hydrogen-bond acceptors (Lipinski definition) is 3. The summed E-state index contributed by atoms with van der Waals surface area (Å²) >= 11 is 0. The molecule has 2 rings (SSSR count). The zero-order valence-corrected chi connectivity index (χ0v) is 12.9. The third-order valence-corrected chi connectivity index (χ3v) is 3.66. The first-order chi connectivity index (χ1) is 9.58. The number of anilines is 1. The van der Waals surface area contributed by atoms with Crippen LogP contribution in [-0.4, -0.2) is 16.9 Å². The topological polar surface area (TPSA) is 39.1 Å². The molecule has 1 heterocycles. The van der Waals surface area contributed by atoms with E-state index in [0.29, 0.717) is 0 Å². The van der Waals surface area contributed by atoms with Crippen molar-refractivity contribution in [3.05, 3.63) is 40.6 Å². The van der Waals surface area contributed by atoms with E-state index in [1.807, 2.05) is 14.0 Å². The van der Waals surface area contributed by atoms with Crippen LogP contribution in [0.4, 0.5) is 5.69 Å². The lowest BCUT2D eigenvalue weighted by molar-refractivity contribution is 0.370. The maximum atomic E-state index is 5.43. The number of rotatable bonds is 5. The third-order valence-electron chi connectivity index (χ3n) is 3.66. The van der Waals surface area contributed by atoms with Gasteiger partial charge in [-0.05, 0) is 31.4 Å². The van der Waals surface area contributed by atoms with Crippen LogP contribution in [0.25, 0.3) is 0 Å². The van der Waals surface area contributed by atoms with Gasteiger partial charge in [-0.2, -0.15) is 5.10 Å². The number of ether oxygens (including phenoxy) is 1. The van der Waals surface area contributed by atoms with E-state index in [4.69, 9.17) is 4.74 Å². The van der Waals surface area contributed by atoms with Crippen LogP contribution >= 0.6 is 0 Å². The highest BCUT2D eigenvalue weighted by molar-refractivity contribution is 5.57. The Bertz CT molecular complexity index is 602. The maximum Gasteiger partial charge on any atom is 0.216 e. The van der Waals surface area contributed by atoms with Gasteiger partial charge in [0, 0.05) is 19.3 Å². The number of methoxy groups -OCH3 is 1. The van der Waals surface area contributed by atoms with E-state index in [0.717, 1.165) is 30.1 Å². The minimum absolute atomic E-state index is 0.723. The Hall–Kier alpha value is -1.97. The fourth-order valence-corrected chi connectivity index (χ4v) is 2.59. The predicted molar refractivity (Wildman–Crippen MR) is 82.4 cm³/mol. The van der Waals surface area contributed by atoms with Crippen molar-refractivity contribution in [2.45, 2.75) is 33.7 Å². The molecule has 0 atom stereocenters. The number of benzene rings is 1. The largest absolute Gasteiger partial charge is 0.481 e. The second kappa shape index (κ2) is 5.99. The monoisotopic (exact) mass is 273 g/mol. The zero-order valence-electron chi connectivity index (χ0n) is 12.9. The molecule has 0 aliphatic rings. The molecule has 108 valence electrons. The van der Waals surface area contributed by atoms with Gasteiger partial charge < -0.3 is 10.1 Å². The molecule has 0 aliphatic carbocycles. The van der Waals surface area contributed by atoms with E-state index >= 15 is 0 Å². The van der Waals surface area contributed by atoms with Crippen LogP contribution < -0.4 is 10.1 Å². The van der Waals surface area contributed by atoms with E-state index in [9.17, 15) is 0 Å². The lowest BCUT2D eigenvalue weighted by Gasteiger charge is -2.14. The van der Waals surface area contributed by atoms with Gasteiger partial charge in [0.1, 0.15) is 0 Å². The highest BCUT2D eigenvalue weighted by Crippen LogP contribution is 2.25. The number of aromatic nitrogens is 2. The third kappa shape index (κ3) is 2.64. The van der Waals surface area contributed by atoms with Crippen LogP contribution in [0.5, 0.6) is 5.88 Å². The Morgan fingerprint density at radius 2 is 2.05 bits per heavy atom. The number of aryl methyl sites for hydroxylation is 4. The second-order valence-electron chi connectivity index (χ2n) is 5.01. The molecule has 0 saturated carbocycles. The lowest BCUT2D eigenvalue weighted by atomic mass is 10.1. The Morgan fingerprint density at radius 1 is 1.30 bits per heavy atom. The van der Waals surface area contributed by atoms with E-state index in [-0.39, 0.29) is 0 Å². The summed E-state index contributed by atoms with van der Waals surface area (Å²) in [6.07, 6.45) is 1.02. The molecule has 0 spiro atoms. The van der Waals surface area contributed by atoms with Gasteiger partial charge in [0.2, 0.25) is 5.88 Å². The van der Waals surface area contributed by atoms with E-state index in [1.54, 1.807) is 11.8 Å². The smallest absolute Gasteiger partial charge is 0.216 e. The quantitative estimate of drug-likeness (QED) is 0.909. The molecule has 0 aliphatic heterocycles. The van der Waals surface area contributed by atoms with Gasteiger partial charge in [-0.1, -0.05) is 25.1 Å². The average molecular weight is 273 g/mol. The van der Waals surface area contributed by atoms with Crippen LogP contribution in [0.1, 0.15) is 29.3 Å². The Morgan fingerprint density at radius 3 is 2.70 bits per heavy atom. The highest BCUT2D eigenvalue weighted by Gasteiger charge is 2.14.